The van der Waals surface area contributed by atoms with E-state index < -0.39 is 0 Å². The first-order valence-corrected chi connectivity index (χ1v) is 6.12. The summed E-state index contributed by atoms with van der Waals surface area (Å²) in [5.74, 6) is -0.305. The van der Waals surface area contributed by atoms with Gasteiger partial charge in [-0.15, -0.1) is 0 Å². The van der Waals surface area contributed by atoms with E-state index in [1.807, 2.05) is 6.92 Å². The van der Waals surface area contributed by atoms with Crippen molar-refractivity contribution in [2.75, 3.05) is 5.32 Å². The average Bonchev–Trinajstić information content (AvgIpc) is 2.34. The quantitative estimate of drug-likeness (QED) is 0.886. The van der Waals surface area contributed by atoms with Crippen molar-refractivity contribution in [3.63, 3.8) is 0 Å². The van der Waals surface area contributed by atoms with E-state index in [0.29, 0.717) is 15.7 Å². The fourth-order valence-electron chi connectivity index (χ4n) is 1.57. The molecule has 0 heterocycles. The third kappa shape index (κ3) is 2.69. The molecule has 0 radical (unpaired) electrons. The Morgan fingerprint density at radius 3 is 2.67 bits per heavy atom. The van der Waals surface area contributed by atoms with Crippen molar-refractivity contribution in [2.45, 2.75) is 6.92 Å². The average molecular weight is 305 g/mol. The lowest BCUT2D eigenvalue weighted by Crippen LogP contribution is -1.95. The van der Waals surface area contributed by atoms with E-state index in [9.17, 15) is 4.39 Å². The minimum absolute atomic E-state index is 0.305. The Hall–Kier alpha value is -1.86. The Labute approximate surface area is 113 Å². The summed E-state index contributed by atoms with van der Waals surface area (Å²) in [6, 6.07) is 12.1. The smallest absolute Gasteiger partial charge is 0.146 e. The van der Waals surface area contributed by atoms with Gasteiger partial charge in [-0.3, -0.25) is 0 Å². The van der Waals surface area contributed by atoms with Crippen LogP contribution in [0.1, 0.15) is 11.1 Å². The van der Waals surface area contributed by atoms with Crippen molar-refractivity contribution >= 4 is 27.3 Å². The molecule has 0 saturated carbocycles. The number of nitrogens with one attached hydrogen (secondary N) is 1. The summed E-state index contributed by atoms with van der Waals surface area (Å²) in [4.78, 5) is 0. The molecule has 90 valence electrons. The number of anilines is 2. The second-order valence-corrected chi connectivity index (χ2v) is 4.77. The van der Waals surface area contributed by atoms with Gasteiger partial charge in [0.15, 0.2) is 0 Å². The second-order valence-electron chi connectivity index (χ2n) is 3.91. The number of aryl methyl sites for hydroxylation is 1. The highest BCUT2D eigenvalue weighted by Crippen LogP contribution is 2.25. The topological polar surface area (TPSA) is 35.8 Å². The van der Waals surface area contributed by atoms with Gasteiger partial charge >= 0.3 is 0 Å². The minimum atomic E-state index is -0.305. The van der Waals surface area contributed by atoms with Gasteiger partial charge in [0.25, 0.3) is 0 Å². The van der Waals surface area contributed by atoms with Crippen LogP contribution in [-0.2, 0) is 0 Å². The predicted molar refractivity (Wildman–Crippen MR) is 73.3 cm³/mol. The van der Waals surface area contributed by atoms with Gasteiger partial charge in [-0.05, 0) is 58.7 Å². The van der Waals surface area contributed by atoms with E-state index in [-0.39, 0.29) is 5.82 Å². The molecule has 0 saturated heterocycles. The fourth-order valence-corrected chi connectivity index (χ4v) is 2.04. The second kappa shape index (κ2) is 5.19. The molecule has 0 amide bonds. The summed E-state index contributed by atoms with van der Waals surface area (Å²) in [5, 5.41) is 11.8. The highest BCUT2D eigenvalue weighted by atomic mass is 79.9. The molecule has 2 aromatic rings. The van der Waals surface area contributed by atoms with Gasteiger partial charge in [0, 0.05) is 10.2 Å². The fraction of sp³-hybridized carbons (Fsp3) is 0.0714. The first-order chi connectivity index (χ1) is 8.60. The molecule has 0 atom stereocenters. The zero-order chi connectivity index (χ0) is 13.1. The Morgan fingerprint density at radius 1 is 1.22 bits per heavy atom. The van der Waals surface area contributed by atoms with Crippen molar-refractivity contribution in [3.8, 4) is 6.07 Å². The molecule has 2 aromatic carbocycles. The number of hydrogen-bond acceptors (Lipinski definition) is 2. The van der Waals surface area contributed by atoms with Gasteiger partial charge in [0.1, 0.15) is 11.9 Å². The lowest BCUT2D eigenvalue weighted by molar-refractivity contribution is 0.631. The van der Waals surface area contributed by atoms with Crippen LogP contribution in [0.15, 0.2) is 40.9 Å². The summed E-state index contributed by atoms with van der Waals surface area (Å²) in [7, 11) is 0. The molecular weight excluding hydrogens is 295 g/mol. The lowest BCUT2D eigenvalue weighted by atomic mass is 10.2. The highest BCUT2D eigenvalue weighted by Gasteiger charge is 2.04. The molecule has 0 bridgehead atoms. The third-order valence-electron chi connectivity index (χ3n) is 2.49. The van der Waals surface area contributed by atoms with E-state index >= 15 is 0 Å². The van der Waals surface area contributed by atoms with Crippen molar-refractivity contribution in [1.82, 2.24) is 0 Å². The Bertz CT molecular complexity index is 632. The molecule has 0 spiro atoms. The van der Waals surface area contributed by atoms with Gasteiger partial charge in [0.2, 0.25) is 0 Å². The molecule has 2 rings (SSSR count). The predicted octanol–water partition coefficient (Wildman–Crippen LogP) is 4.51. The van der Waals surface area contributed by atoms with Crippen LogP contribution in [0, 0.1) is 24.1 Å². The molecule has 1 N–H and O–H groups in total. The zero-order valence-corrected chi connectivity index (χ0v) is 11.3. The van der Waals surface area contributed by atoms with Gasteiger partial charge in [-0.2, -0.15) is 5.26 Å². The van der Waals surface area contributed by atoms with E-state index in [0.717, 1.165) is 11.3 Å². The maximum atomic E-state index is 13.6. The van der Waals surface area contributed by atoms with E-state index in [4.69, 9.17) is 5.26 Å². The van der Waals surface area contributed by atoms with E-state index in [2.05, 4.69) is 27.3 Å². The van der Waals surface area contributed by atoms with Crippen molar-refractivity contribution in [1.29, 1.82) is 5.26 Å². The standard InChI is InChI=1S/C14H10BrFN2/c1-9-2-5-13(16)14(6-9)18-11-4-3-10(8-17)12(15)7-11/h2-7,18H,1H3. The van der Waals surface area contributed by atoms with Gasteiger partial charge in [-0.1, -0.05) is 6.07 Å². The number of nitriles is 1. The number of benzene rings is 2. The largest absolute Gasteiger partial charge is 0.353 e. The third-order valence-corrected chi connectivity index (χ3v) is 3.15. The summed E-state index contributed by atoms with van der Waals surface area (Å²) >= 11 is 3.30. The maximum absolute atomic E-state index is 13.6. The van der Waals surface area contributed by atoms with Crippen LogP contribution in [0.25, 0.3) is 0 Å². The molecule has 0 aliphatic heterocycles. The van der Waals surface area contributed by atoms with Crippen molar-refractivity contribution < 1.29 is 4.39 Å². The molecule has 0 aliphatic carbocycles. The van der Waals surface area contributed by atoms with Crippen LogP contribution < -0.4 is 5.32 Å². The molecule has 4 heteroatoms. The molecular formula is C14H10BrFN2. The van der Waals surface area contributed by atoms with Crippen molar-refractivity contribution in [3.05, 3.63) is 57.8 Å². The van der Waals surface area contributed by atoms with Crippen LogP contribution in [0.3, 0.4) is 0 Å². The summed E-state index contributed by atoms with van der Waals surface area (Å²) in [6.45, 7) is 1.90. The molecule has 0 aliphatic rings. The first kappa shape index (κ1) is 12.6. The molecule has 18 heavy (non-hydrogen) atoms. The number of halogens is 2. The normalized spacial score (nSPS) is 9.89. The lowest BCUT2D eigenvalue weighted by Gasteiger charge is -2.09. The first-order valence-electron chi connectivity index (χ1n) is 5.33. The number of nitrogens with zero attached hydrogens (tertiary/aromatic N) is 1. The molecule has 2 nitrogen and oxygen atoms in total. The number of rotatable bonds is 2. The van der Waals surface area contributed by atoms with Crippen LogP contribution in [-0.4, -0.2) is 0 Å². The Morgan fingerprint density at radius 2 is 2.00 bits per heavy atom. The van der Waals surface area contributed by atoms with Gasteiger partial charge < -0.3 is 5.32 Å². The SMILES string of the molecule is Cc1ccc(F)c(Nc2ccc(C#N)c(Br)c2)c1. The van der Waals surface area contributed by atoms with Crippen molar-refractivity contribution in [2.24, 2.45) is 0 Å². The van der Waals surface area contributed by atoms with Crippen LogP contribution in [0.5, 0.6) is 0 Å². The molecule has 0 fully saturated rings. The van der Waals surface area contributed by atoms with Crippen LogP contribution in [0.4, 0.5) is 15.8 Å². The molecule has 0 unspecified atom stereocenters. The van der Waals surface area contributed by atoms with Gasteiger partial charge in [-0.25, -0.2) is 4.39 Å². The summed E-state index contributed by atoms with van der Waals surface area (Å²) in [5.41, 5.74) is 2.67. The minimum Gasteiger partial charge on any atom is -0.353 e. The summed E-state index contributed by atoms with van der Waals surface area (Å²) < 4.78 is 14.3. The van der Waals surface area contributed by atoms with Gasteiger partial charge in [0.05, 0.1) is 11.3 Å². The van der Waals surface area contributed by atoms with Crippen LogP contribution in [0.2, 0.25) is 0 Å². The maximum Gasteiger partial charge on any atom is 0.146 e. The monoisotopic (exact) mass is 304 g/mol. The summed E-state index contributed by atoms with van der Waals surface area (Å²) in [6.07, 6.45) is 0. The Balaban J connectivity index is 2.32. The highest BCUT2D eigenvalue weighted by molar-refractivity contribution is 9.10. The van der Waals surface area contributed by atoms with Crippen LogP contribution >= 0.6 is 15.9 Å². The molecule has 0 aromatic heterocycles. The van der Waals surface area contributed by atoms with E-state index in [1.165, 1.54) is 6.07 Å². The zero-order valence-electron chi connectivity index (χ0n) is 9.67. The van der Waals surface area contributed by atoms with E-state index in [1.54, 1.807) is 30.3 Å². The Kier molecular flexibility index (Phi) is 3.63. The number of hydrogen-bond donors (Lipinski definition) is 1.